The van der Waals surface area contributed by atoms with Crippen LogP contribution in [0.2, 0.25) is 0 Å². The lowest BCUT2D eigenvalue weighted by Gasteiger charge is -2.07. The number of anilines is 1. The third kappa shape index (κ3) is 3.85. The van der Waals surface area contributed by atoms with Crippen molar-refractivity contribution in [3.8, 4) is 5.75 Å². The predicted molar refractivity (Wildman–Crippen MR) is 86.6 cm³/mol. The van der Waals surface area contributed by atoms with Gasteiger partial charge in [0.25, 0.3) is 8.03 Å². The minimum absolute atomic E-state index is 0.0588. The Morgan fingerprint density at radius 2 is 2.00 bits per heavy atom. The summed E-state index contributed by atoms with van der Waals surface area (Å²) in [5.41, 5.74) is 6.94. The van der Waals surface area contributed by atoms with Gasteiger partial charge in [0.05, 0.1) is 12.9 Å². The van der Waals surface area contributed by atoms with Crippen LogP contribution in [-0.2, 0) is 15.8 Å². The zero-order chi connectivity index (χ0) is 16.1. The van der Waals surface area contributed by atoms with E-state index in [2.05, 4.69) is 15.0 Å². The summed E-state index contributed by atoms with van der Waals surface area (Å²) in [5.74, 6) is 0.920. The number of nitrogens with zero attached hydrogens (tertiary/aromatic N) is 4. The summed E-state index contributed by atoms with van der Waals surface area (Å²) in [6, 6.07) is 9.02. The smallest absolute Gasteiger partial charge is 0.261 e. The highest BCUT2D eigenvalue weighted by Crippen LogP contribution is 2.26. The van der Waals surface area contributed by atoms with Gasteiger partial charge in [0, 0.05) is 6.54 Å². The summed E-state index contributed by atoms with van der Waals surface area (Å²) in [6.45, 7) is 0.886. The Morgan fingerprint density at radius 1 is 1.17 bits per heavy atom. The number of imidazole rings is 1. The fraction of sp³-hybridized carbons (Fsp3) is 0.214. The molecule has 0 amide bonds. The number of nitrogen functional groups attached to an aromatic ring is 1. The largest absolute Gasteiger partial charge is 0.443 e. The fourth-order valence-corrected chi connectivity index (χ4v) is 2.80. The second kappa shape index (κ2) is 7.21. The van der Waals surface area contributed by atoms with E-state index in [-0.39, 0.29) is 6.35 Å². The van der Waals surface area contributed by atoms with Crippen LogP contribution in [0.25, 0.3) is 11.2 Å². The van der Waals surface area contributed by atoms with Crippen molar-refractivity contribution in [3.05, 3.63) is 43.0 Å². The lowest BCUT2D eigenvalue weighted by Crippen LogP contribution is -2.06. The molecule has 9 heteroatoms. The monoisotopic (exact) mass is 333 g/mol. The normalized spacial score (nSPS) is 12.3. The van der Waals surface area contributed by atoms with Crippen molar-refractivity contribution in [1.82, 2.24) is 19.5 Å². The maximum Gasteiger partial charge on any atom is 0.261 e. The van der Waals surface area contributed by atoms with Crippen LogP contribution in [0.1, 0.15) is 0 Å². The summed E-state index contributed by atoms with van der Waals surface area (Å²) in [6.07, 6.45) is 3.08. The Morgan fingerprint density at radius 3 is 2.83 bits per heavy atom. The van der Waals surface area contributed by atoms with Gasteiger partial charge < -0.3 is 19.6 Å². The third-order valence-electron chi connectivity index (χ3n) is 3.10. The van der Waals surface area contributed by atoms with Crippen molar-refractivity contribution >= 4 is 25.0 Å². The van der Waals surface area contributed by atoms with Crippen molar-refractivity contribution < 1.29 is 13.8 Å². The number of hydrogen-bond acceptors (Lipinski definition) is 7. The molecule has 3 aromatic rings. The average molecular weight is 333 g/mol. The second-order valence-electron chi connectivity index (χ2n) is 4.71. The molecule has 120 valence electrons. The molecule has 8 nitrogen and oxygen atoms in total. The Balaban J connectivity index is 1.48. The van der Waals surface area contributed by atoms with Gasteiger partial charge >= 0.3 is 0 Å². The quantitative estimate of drug-likeness (QED) is 0.520. The number of hydrogen-bond donors (Lipinski definition) is 1. The number of aromatic nitrogens is 4. The zero-order valence-electron chi connectivity index (χ0n) is 12.3. The second-order valence-corrected chi connectivity index (χ2v) is 5.95. The van der Waals surface area contributed by atoms with E-state index in [1.165, 1.54) is 6.33 Å². The van der Waals surface area contributed by atoms with Crippen LogP contribution in [-0.4, -0.2) is 32.5 Å². The molecule has 2 N–H and O–H groups in total. The highest BCUT2D eigenvalue weighted by Gasteiger charge is 2.08. The summed E-state index contributed by atoms with van der Waals surface area (Å²) in [4.78, 5) is 12.2. The van der Waals surface area contributed by atoms with E-state index in [0.717, 1.165) is 0 Å². The van der Waals surface area contributed by atoms with Crippen molar-refractivity contribution in [2.45, 2.75) is 6.54 Å². The lowest BCUT2D eigenvalue weighted by molar-refractivity contribution is 0.164. The van der Waals surface area contributed by atoms with E-state index >= 15 is 0 Å². The highest BCUT2D eigenvalue weighted by atomic mass is 31.1. The molecule has 0 aliphatic carbocycles. The molecule has 1 aromatic carbocycles. The first-order valence-electron chi connectivity index (χ1n) is 6.99. The van der Waals surface area contributed by atoms with Gasteiger partial charge in [-0.25, -0.2) is 15.0 Å². The third-order valence-corrected chi connectivity index (χ3v) is 4.00. The summed E-state index contributed by atoms with van der Waals surface area (Å²) in [7, 11) is -2.27. The fourth-order valence-electron chi connectivity index (χ4n) is 2.03. The number of nitrogens with two attached hydrogens (primary N) is 1. The number of benzene rings is 1. The van der Waals surface area contributed by atoms with Crippen LogP contribution in [0.4, 0.5) is 5.82 Å². The van der Waals surface area contributed by atoms with E-state index in [1.54, 1.807) is 18.5 Å². The zero-order valence-corrected chi connectivity index (χ0v) is 13.3. The van der Waals surface area contributed by atoms with E-state index in [9.17, 15) is 4.57 Å². The van der Waals surface area contributed by atoms with Crippen molar-refractivity contribution in [2.24, 2.45) is 0 Å². The van der Waals surface area contributed by atoms with Gasteiger partial charge in [0.1, 0.15) is 23.9 Å². The van der Waals surface area contributed by atoms with Gasteiger partial charge in [0.2, 0.25) is 0 Å². The van der Waals surface area contributed by atoms with Crippen LogP contribution < -0.4 is 10.3 Å². The first-order valence-corrected chi connectivity index (χ1v) is 8.51. The molecule has 1 atom stereocenters. The Hall–Kier alpha value is -2.44. The minimum Gasteiger partial charge on any atom is -0.443 e. The maximum absolute atomic E-state index is 11.8. The molecule has 0 bridgehead atoms. The standard InChI is InChI=1S/C14H16N5O3P/c15-13-12-14(17-8-16-13)19(9-18-12)6-7-21-10-23(20)22-11-4-2-1-3-5-11/h1-5,8-9,23H,6-7,10H2,(H2,15,16,17). The van der Waals surface area contributed by atoms with Gasteiger partial charge in [-0.15, -0.1) is 0 Å². The summed E-state index contributed by atoms with van der Waals surface area (Å²) >= 11 is 0. The van der Waals surface area contributed by atoms with Crippen LogP contribution in [0.5, 0.6) is 5.75 Å². The Kier molecular flexibility index (Phi) is 4.85. The first-order chi connectivity index (χ1) is 11.2. The minimum atomic E-state index is -2.27. The molecule has 3 rings (SSSR count). The van der Waals surface area contributed by atoms with Crippen LogP contribution in [0, 0.1) is 0 Å². The summed E-state index contributed by atoms with van der Waals surface area (Å²) < 4.78 is 24.3. The number of fused-ring (bicyclic) bond motifs is 1. The summed E-state index contributed by atoms with van der Waals surface area (Å²) in [5, 5.41) is 0. The number of ether oxygens (including phenoxy) is 1. The van der Waals surface area contributed by atoms with E-state index in [1.807, 2.05) is 22.8 Å². The molecule has 0 saturated heterocycles. The van der Waals surface area contributed by atoms with E-state index < -0.39 is 8.03 Å². The van der Waals surface area contributed by atoms with Gasteiger partial charge in [-0.3, -0.25) is 4.57 Å². The molecule has 0 aliphatic heterocycles. The first kappa shape index (κ1) is 15.5. The Labute approximate surface area is 133 Å². The molecule has 0 fully saturated rings. The molecule has 0 spiro atoms. The van der Waals surface area contributed by atoms with Crippen molar-refractivity contribution in [2.75, 3.05) is 18.7 Å². The Bertz CT molecular complexity index is 809. The number of para-hydroxylation sites is 1. The molecule has 23 heavy (non-hydrogen) atoms. The van der Waals surface area contributed by atoms with Gasteiger partial charge in [-0.2, -0.15) is 0 Å². The lowest BCUT2D eigenvalue weighted by atomic mass is 10.3. The van der Waals surface area contributed by atoms with Crippen molar-refractivity contribution in [3.63, 3.8) is 0 Å². The molecule has 0 saturated carbocycles. The van der Waals surface area contributed by atoms with Crippen molar-refractivity contribution in [1.29, 1.82) is 0 Å². The molecule has 1 unspecified atom stereocenters. The van der Waals surface area contributed by atoms with Crippen LogP contribution >= 0.6 is 8.03 Å². The van der Waals surface area contributed by atoms with Gasteiger partial charge in [-0.05, 0) is 12.1 Å². The maximum atomic E-state index is 11.8. The van der Waals surface area contributed by atoms with E-state index in [4.69, 9.17) is 15.0 Å². The number of rotatable bonds is 7. The van der Waals surface area contributed by atoms with Crippen LogP contribution in [0.3, 0.4) is 0 Å². The van der Waals surface area contributed by atoms with Crippen LogP contribution in [0.15, 0.2) is 43.0 Å². The molecule has 0 aliphatic rings. The predicted octanol–water partition coefficient (Wildman–Crippen LogP) is 1.94. The van der Waals surface area contributed by atoms with Gasteiger partial charge in [0.15, 0.2) is 11.5 Å². The molecule has 2 aromatic heterocycles. The molecule has 2 heterocycles. The average Bonchev–Trinajstić information content (AvgIpc) is 2.97. The van der Waals surface area contributed by atoms with E-state index in [0.29, 0.717) is 35.9 Å². The molecular weight excluding hydrogens is 317 g/mol. The topological polar surface area (TPSA) is 105 Å². The molecule has 0 radical (unpaired) electrons. The SMILES string of the molecule is Nc1ncnc2c1ncn2CCOC[PH](=O)Oc1ccccc1. The molecular formula is C14H16N5O3P. The van der Waals surface area contributed by atoms with Gasteiger partial charge in [-0.1, -0.05) is 18.2 Å². The highest BCUT2D eigenvalue weighted by molar-refractivity contribution is 7.39.